The number of nitrogens with one attached hydrogen (secondary N) is 1. The Morgan fingerprint density at radius 1 is 1.46 bits per heavy atom. The van der Waals surface area contributed by atoms with Gasteiger partial charge in [-0.3, -0.25) is 14.5 Å². The van der Waals surface area contributed by atoms with Gasteiger partial charge in [-0.15, -0.1) is 0 Å². The summed E-state index contributed by atoms with van der Waals surface area (Å²) in [5.74, 6) is -0.775. The van der Waals surface area contributed by atoms with Gasteiger partial charge in [-0.25, -0.2) is 8.78 Å². The highest BCUT2D eigenvalue weighted by atomic mass is 19.1. The number of hydrogen-bond donors (Lipinski definition) is 3. The molecule has 0 saturated carbocycles. The Morgan fingerprint density at radius 2 is 2.15 bits per heavy atom. The second-order valence-electron chi connectivity index (χ2n) is 6.73. The molecule has 2 aromatic heterocycles. The average Bonchev–Trinajstić information content (AvgIpc) is 2.92. The molecule has 2 atom stereocenters. The van der Waals surface area contributed by atoms with Gasteiger partial charge < -0.3 is 16.2 Å². The van der Waals surface area contributed by atoms with Crippen LogP contribution in [0.25, 0.3) is 0 Å². The number of anilines is 2. The third-order valence-corrected chi connectivity index (χ3v) is 3.77. The molecule has 0 radical (unpaired) electrons. The van der Waals surface area contributed by atoms with Crippen molar-refractivity contribution in [1.29, 1.82) is 0 Å². The second kappa shape index (κ2) is 7.77. The number of carbonyl (C=O) groups is 1. The van der Waals surface area contributed by atoms with Gasteiger partial charge >= 0.3 is 0 Å². The van der Waals surface area contributed by atoms with Crippen LogP contribution in [0.3, 0.4) is 0 Å². The predicted octanol–water partition coefficient (Wildman–Crippen LogP) is 2.13. The van der Waals surface area contributed by atoms with Crippen LogP contribution < -0.4 is 11.1 Å². The molecule has 4 N–H and O–H groups in total. The Bertz CT molecular complexity index is 771. The monoisotopic (exact) mass is 367 g/mol. The molecule has 7 nitrogen and oxygen atoms in total. The van der Waals surface area contributed by atoms with E-state index in [0.717, 1.165) is 0 Å². The van der Waals surface area contributed by atoms with Crippen molar-refractivity contribution in [1.82, 2.24) is 14.8 Å². The van der Waals surface area contributed by atoms with Crippen molar-refractivity contribution in [2.75, 3.05) is 5.32 Å². The van der Waals surface area contributed by atoms with Crippen LogP contribution in [0, 0.1) is 0 Å². The lowest BCUT2D eigenvalue weighted by Gasteiger charge is -2.23. The molecule has 0 bridgehead atoms. The number of nitrogens with two attached hydrogens (primary N) is 1. The first-order valence-electron chi connectivity index (χ1n) is 8.15. The van der Waals surface area contributed by atoms with E-state index in [1.807, 2.05) is 0 Å². The maximum Gasteiger partial charge on any atom is 0.252 e. The minimum Gasteiger partial charge on any atom is -0.387 e. The van der Waals surface area contributed by atoms with Crippen LogP contribution in [0.4, 0.5) is 20.2 Å². The number of amides is 1. The number of hydrogen-bond acceptors (Lipinski definition) is 5. The molecule has 0 aliphatic rings. The fourth-order valence-electron chi connectivity index (χ4n) is 2.40. The normalized spacial score (nSPS) is 14.1. The molecule has 0 fully saturated rings. The zero-order valence-electron chi connectivity index (χ0n) is 14.9. The number of pyridine rings is 1. The minimum atomic E-state index is -1.63. The van der Waals surface area contributed by atoms with Crippen LogP contribution in [0.2, 0.25) is 0 Å². The highest BCUT2D eigenvalue weighted by Crippen LogP contribution is 2.25. The van der Waals surface area contributed by atoms with Crippen molar-refractivity contribution in [3.05, 3.63) is 35.9 Å². The van der Waals surface area contributed by atoms with Crippen LogP contribution in [0.1, 0.15) is 36.8 Å². The molecule has 9 heteroatoms. The van der Waals surface area contributed by atoms with Crippen molar-refractivity contribution in [3.63, 3.8) is 0 Å². The van der Waals surface area contributed by atoms with E-state index < -0.39 is 23.9 Å². The molecule has 26 heavy (non-hydrogen) atoms. The Kier molecular flexibility index (Phi) is 5.91. The van der Waals surface area contributed by atoms with Crippen molar-refractivity contribution in [2.24, 2.45) is 5.73 Å². The first-order valence-corrected chi connectivity index (χ1v) is 8.15. The molecule has 0 aromatic carbocycles. The summed E-state index contributed by atoms with van der Waals surface area (Å²) in [6, 6.07) is 1.52. The summed E-state index contributed by atoms with van der Waals surface area (Å²) in [5.41, 5.74) is 4.90. The Balaban J connectivity index is 2.30. The van der Waals surface area contributed by atoms with Gasteiger partial charge in [0.1, 0.15) is 12.3 Å². The van der Waals surface area contributed by atoms with Gasteiger partial charge in [-0.2, -0.15) is 5.10 Å². The Labute approximate surface area is 150 Å². The van der Waals surface area contributed by atoms with Gasteiger partial charge in [-0.05, 0) is 26.8 Å². The lowest BCUT2D eigenvalue weighted by Crippen LogP contribution is -2.35. The van der Waals surface area contributed by atoms with Gasteiger partial charge in [0, 0.05) is 18.8 Å². The topological polar surface area (TPSA) is 106 Å². The number of alkyl halides is 2. The summed E-state index contributed by atoms with van der Waals surface area (Å²) in [4.78, 5) is 15.9. The molecular formula is C17H23F2N5O2. The molecular weight excluding hydrogens is 344 g/mol. The van der Waals surface area contributed by atoms with E-state index in [-0.39, 0.29) is 24.2 Å². The van der Waals surface area contributed by atoms with E-state index >= 15 is 0 Å². The maximum atomic E-state index is 14.2. The lowest BCUT2D eigenvalue weighted by atomic mass is 9.96. The fraction of sp³-hybridized carbons (Fsp3) is 0.471. The zero-order valence-corrected chi connectivity index (χ0v) is 14.9. The highest BCUT2D eigenvalue weighted by Gasteiger charge is 2.29. The molecule has 2 aromatic rings. The average molecular weight is 367 g/mol. The van der Waals surface area contributed by atoms with Gasteiger partial charge in [0.05, 0.1) is 41.0 Å². The summed E-state index contributed by atoms with van der Waals surface area (Å²) >= 11 is 0. The van der Waals surface area contributed by atoms with Crippen LogP contribution in [-0.2, 0) is 13.0 Å². The SMILES string of the molecule is CC(F)Cn1cc(Nc2ccnc(C[C@@H](F)C(C)(C)O)c2C(N)=O)cn1. The number of carbonyl (C=O) groups excluding carboxylic acids is 1. The first-order chi connectivity index (χ1) is 12.1. The standard InChI is InChI=1S/C17H23F2N5O2/c1-10(18)8-24-9-11(7-22-24)23-12-4-5-21-13(15(12)16(20)25)6-14(19)17(2,3)26/h4-5,7,9-10,14,26H,6,8H2,1-3H3,(H2,20,25)(H,21,23)/t10?,14-/m1/s1. The van der Waals surface area contributed by atoms with E-state index in [4.69, 9.17) is 5.73 Å². The molecule has 0 saturated heterocycles. The summed E-state index contributed by atoms with van der Waals surface area (Å²) < 4.78 is 28.7. The van der Waals surface area contributed by atoms with Crippen LogP contribution in [0.15, 0.2) is 24.7 Å². The molecule has 2 heterocycles. The molecule has 1 unspecified atom stereocenters. The quantitative estimate of drug-likeness (QED) is 0.663. The third kappa shape index (κ3) is 4.98. The lowest BCUT2D eigenvalue weighted by molar-refractivity contribution is -0.00307. The minimum absolute atomic E-state index is 0.0333. The molecule has 0 spiro atoms. The molecule has 0 aliphatic heterocycles. The zero-order chi connectivity index (χ0) is 19.5. The largest absolute Gasteiger partial charge is 0.387 e. The van der Waals surface area contributed by atoms with Crippen LogP contribution >= 0.6 is 0 Å². The van der Waals surface area contributed by atoms with E-state index in [0.29, 0.717) is 11.4 Å². The van der Waals surface area contributed by atoms with Gasteiger partial charge in [0.2, 0.25) is 0 Å². The number of aromatic nitrogens is 3. The Morgan fingerprint density at radius 3 is 2.73 bits per heavy atom. The molecule has 142 valence electrons. The summed E-state index contributed by atoms with van der Waals surface area (Å²) in [7, 11) is 0. The molecule has 1 amide bonds. The summed E-state index contributed by atoms with van der Waals surface area (Å²) in [6.07, 6.45) is 1.51. The van der Waals surface area contributed by atoms with Crippen LogP contribution in [0.5, 0.6) is 0 Å². The van der Waals surface area contributed by atoms with Crippen LogP contribution in [-0.4, -0.2) is 43.7 Å². The summed E-state index contributed by atoms with van der Waals surface area (Å²) in [6.45, 7) is 4.19. The third-order valence-electron chi connectivity index (χ3n) is 3.77. The van der Waals surface area contributed by atoms with Gasteiger partial charge in [0.15, 0.2) is 0 Å². The predicted molar refractivity (Wildman–Crippen MR) is 93.7 cm³/mol. The van der Waals surface area contributed by atoms with Crippen molar-refractivity contribution >= 4 is 17.3 Å². The van der Waals surface area contributed by atoms with Crippen molar-refractivity contribution in [3.8, 4) is 0 Å². The highest BCUT2D eigenvalue weighted by molar-refractivity contribution is 6.00. The van der Waals surface area contributed by atoms with E-state index in [9.17, 15) is 18.7 Å². The van der Waals surface area contributed by atoms with E-state index in [2.05, 4.69) is 15.4 Å². The number of nitrogens with zero attached hydrogens (tertiary/aromatic N) is 3. The molecule has 0 aliphatic carbocycles. The molecule has 2 rings (SSSR count). The number of rotatable bonds is 8. The van der Waals surface area contributed by atoms with E-state index in [1.165, 1.54) is 43.9 Å². The van der Waals surface area contributed by atoms with Crippen molar-refractivity contribution < 1.29 is 18.7 Å². The number of aliphatic hydroxyl groups is 1. The number of halogens is 2. The van der Waals surface area contributed by atoms with Gasteiger partial charge in [0.25, 0.3) is 5.91 Å². The second-order valence-corrected chi connectivity index (χ2v) is 6.73. The fourth-order valence-corrected chi connectivity index (χ4v) is 2.40. The van der Waals surface area contributed by atoms with Gasteiger partial charge in [-0.1, -0.05) is 0 Å². The van der Waals surface area contributed by atoms with Crippen molar-refractivity contribution in [2.45, 2.75) is 51.7 Å². The summed E-state index contributed by atoms with van der Waals surface area (Å²) in [5, 5.41) is 16.8. The maximum absolute atomic E-state index is 14.2. The number of primary amides is 1. The van der Waals surface area contributed by atoms with E-state index in [1.54, 1.807) is 6.20 Å². The smallest absolute Gasteiger partial charge is 0.252 e. The first kappa shape index (κ1) is 19.8. The Hall–Kier alpha value is -2.55.